The number of nitrogens with one attached hydrogen (secondary N) is 1. The lowest BCUT2D eigenvalue weighted by atomic mass is 10.1. The SMILES string of the molecule is COc1ccc(/C=C(/C#N)c2nc(-c3ccc(C)cc3)c(NC(C)=O)s2)cc1. The molecule has 0 bridgehead atoms. The number of benzene rings is 2. The van der Waals surface area contributed by atoms with Gasteiger partial charge >= 0.3 is 0 Å². The van der Waals surface area contributed by atoms with Crippen LogP contribution in [-0.2, 0) is 4.79 Å². The fraction of sp³-hybridized carbons (Fsp3) is 0.136. The van der Waals surface area contributed by atoms with E-state index < -0.39 is 0 Å². The quantitative estimate of drug-likeness (QED) is 0.612. The topological polar surface area (TPSA) is 75.0 Å². The summed E-state index contributed by atoms with van der Waals surface area (Å²) in [6, 6.07) is 17.5. The van der Waals surface area contributed by atoms with Gasteiger partial charge in [0.25, 0.3) is 0 Å². The maximum absolute atomic E-state index is 11.6. The first-order valence-electron chi connectivity index (χ1n) is 8.62. The highest BCUT2D eigenvalue weighted by Crippen LogP contribution is 2.36. The van der Waals surface area contributed by atoms with Gasteiger partial charge in [0.05, 0.1) is 12.7 Å². The van der Waals surface area contributed by atoms with Crippen molar-refractivity contribution >= 4 is 33.9 Å². The predicted molar refractivity (Wildman–Crippen MR) is 113 cm³/mol. The summed E-state index contributed by atoms with van der Waals surface area (Å²) in [7, 11) is 1.61. The van der Waals surface area contributed by atoms with E-state index in [2.05, 4.69) is 16.4 Å². The minimum absolute atomic E-state index is 0.179. The first-order chi connectivity index (χ1) is 13.5. The van der Waals surface area contributed by atoms with Crippen LogP contribution in [0, 0.1) is 18.3 Å². The van der Waals surface area contributed by atoms with Crippen molar-refractivity contribution in [1.29, 1.82) is 5.26 Å². The molecule has 6 heteroatoms. The van der Waals surface area contributed by atoms with Gasteiger partial charge in [-0.15, -0.1) is 0 Å². The number of hydrogen-bond acceptors (Lipinski definition) is 5. The molecule has 0 fully saturated rings. The van der Waals surface area contributed by atoms with E-state index in [1.165, 1.54) is 18.3 Å². The first kappa shape index (κ1) is 19.3. The van der Waals surface area contributed by atoms with Crippen molar-refractivity contribution in [3.8, 4) is 23.1 Å². The zero-order chi connectivity index (χ0) is 20.1. The smallest absolute Gasteiger partial charge is 0.221 e. The molecule has 0 aliphatic carbocycles. The molecule has 0 aliphatic heterocycles. The fourth-order valence-electron chi connectivity index (χ4n) is 2.60. The van der Waals surface area contributed by atoms with Gasteiger partial charge < -0.3 is 10.1 Å². The van der Waals surface area contributed by atoms with Crippen molar-refractivity contribution in [2.45, 2.75) is 13.8 Å². The number of hydrogen-bond donors (Lipinski definition) is 1. The third kappa shape index (κ3) is 4.45. The molecular weight excluding hydrogens is 370 g/mol. The number of aryl methyl sites for hydroxylation is 1. The van der Waals surface area contributed by atoms with Crippen LogP contribution in [0.5, 0.6) is 5.75 Å². The zero-order valence-corrected chi connectivity index (χ0v) is 16.6. The largest absolute Gasteiger partial charge is 0.497 e. The van der Waals surface area contributed by atoms with E-state index in [1.807, 2.05) is 55.5 Å². The Labute approximate surface area is 167 Å². The Morgan fingerprint density at radius 1 is 1.18 bits per heavy atom. The van der Waals surface area contributed by atoms with Crippen LogP contribution in [0.15, 0.2) is 48.5 Å². The predicted octanol–water partition coefficient (Wildman–Crippen LogP) is 5.15. The van der Waals surface area contributed by atoms with Crippen LogP contribution in [0.3, 0.4) is 0 Å². The molecule has 28 heavy (non-hydrogen) atoms. The molecule has 5 nitrogen and oxygen atoms in total. The zero-order valence-electron chi connectivity index (χ0n) is 15.8. The van der Waals surface area contributed by atoms with E-state index >= 15 is 0 Å². The van der Waals surface area contributed by atoms with Gasteiger partial charge in [0.2, 0.25) is 5.91 Å². The molecule has 0 unspecified atom stereocenters. The van der Waals surface area contributed by atoms with Crippen LogP contribution >= 0.6 is 11.3 Å². The molecule has 140 valence electrons. The molecule has 0 radical (unpaired) electrons. The highest BCUT2D eigenvalue weighted by Gasteiger charge is 2.17. The molecule has 0 saturated heterocycles. The van der Waals surface area contributed by atoms with Crippen LogP contribution in [0.4, 0.5) is 5.00 Å². The van der Waals surface area contributed by atoms with Crippen molar-refractivity contribution in [3.05, 3.63) is 64.7 Å². The molecule has 0 saturated carbocycles. The summed E-state index contributed by atoms with van der Waals surface area (Å²) in [5.41, 5.74) is 3.98. The van der Waals surface area contributed by atoms with Crippen LogP contribution < -0.4 is 10.1 Å². The second kappa shape index (κ2) is 8.51. The molecule has 0 aliphatic rings. The Morgan fingerprint density at radius 3 is 2.43 bits per heavy atom. The fourth-order valence-corrected chi connectivity index (χ4v) is 3.60. The number of aromatic nitrogens is 1. The Balaban J connectivity index is 2.04. The van der Waals surface area contributed by atoms with Gasteiger partial charge in [-0.1, -0.05) is 53.3 Å². The maximum atomic E-state index is 11.6. The second-order valence-corrected chi connectivity index (χ2v) is 7.19. The van der Waals surface area contributed by atoms with E-state index in [0.717, 1.165) is 22.4 Å². The first-order valence-corrected chi connectivity index (χ1v) is 9.43. The molecular formula is C22H19N3O2S. The number of carbonyl (C=O) groups is 1. The lowest BCUT2D eigenvalue weighted by Crippen LogP contribution is -2.05. The van der Waals surface area contributed by atoms with Crippen LogP contribution in [0.25, 0.3) is 22.9 Å². The lowest BCUT2D eigenvalue weighted by molar-refractivity contribution is -0.114. The van der Waals surface area contributed by atoms with Crippen LogP contribution in [0.2, 0.25) is 0 Å². The van der Waals surface area contributed by atoms with E-state index in [-0.39, 0.29) is 5.91 Å². The van der Waals surface area contributed by atoms with Crippen molar-refractivity contribution in [2.75, 3.05) is 12.4 Å². The van der Waals surface area contributed by atoms with Crippen molar-refractivity contribution in [3.63, 3.8) is 0 Å². The maximum Gasteiger partial charge on any atom is 0.221 e. The Hall–Kier alpha value is -3.43. The molecule has 0 atom stereocenters. The summed E-state index contributed by atoms with van der Waals surface area (Å²) in [5, 5.41) is 13.7. The second-order valence-electron chi connectivity index (χ2n) is 6.19. The number of anilines is 1. The number of amides is 1. The standard InChI is InChI=1S/C22H19N3O2S/c1-14-4-8-17(9-5-14)20-22(24-15(2)26)28-21(25-20)18(13-23)12-16-6-10-19(27-3)11-7-16/h4-12H,1-3H3,(H,24,26)/b18-12-. The average molecular weight is 389 g/mol. The molecule has 1 amide bonds. The minimum atomic E-state index is -0.179. The monoisotopic (exact) mass is 389 g/mol. The molecule has 3 rings (SSSR count). The molecule has 1 aromatic heterocycles. The number of thiazole rings is 1. The van der Waals surface area contributed by atoms with Crippen molar-refractivity contribution in [1.82, 2.24) is 4.98 Å². The molecule has 3 aromatic rings. The van der Waals surface area contributed by atoms with Gasteiger partial charge in [-0.3, -0.25) is 4.79 Å². The van der Waals surface area contributed by atoms with Gasteiger partial charge in [0.1, 0.15) is 27.5 Å². The number of nitrogens with zero attached hydrogens (tertiary/aromatic N) is 2. The molecule has 0 spiro atoms. The van der Waals surface area contributed by atoms with E-state index in [1.54, 1.807) is 13.2 Å². The molecule has 1 heterocycles. The number of ether oxygens (including phenoxy) is 1. The van der Waals surface area contributed by atoms with Gasteiger partial charge in [-0.25, -0.2) is 4.98 Å². The highest BCUT2D eigenvalue weighted by atomic mass is 32.1. The number of methoxy groups -OCH3 is 1. The van der Waals surface area contributed by atoms with Gasteiger partial charge in [0.15, 0.2) is 0 Å². The lowest BCUT2D eigenvalue weighted by Gasteiger charge is -2.03. The van der Waals surface area contributed by atoms with E-state index in [0.29, 0.717) is 21.3 Å². The molecule has 1 N–H and O–H groups in total. The van der Waals surface area contributed by atoms with Crippen LogP contribution in [0.1, 0.15) is 23.1 Å². The Bertz CT molecular complexity index is 1060. The van der Waals surface area contributed by atoms with Crippen LogP contribution in [-0.4, -0.2) is 18.0 Å². The highest BCUT2D eigenvalue weighted by molar-refractivity contribution is 7.17. The summed E-state index contributed by atoms with van der Waals surface area (Å²) < 4.78 is 5.16. The Morgan fingerprint density at radius 2 is 1.86 bits per heavy atom. The number of carbonyl (C=O) groups excluding carboxylic acids is 1. The summed E-state index contributed by atoms with van der Waals surface area (Å²) in [6.45, 7) is 3.47. The summed E-state index contributed by atoms with van der Waals surface area (Å²) in [5.74, 6) is 0.570. The average Bonchev–Trinajstić information content (AvgIpc) is 3.10. The van der Waals surface area contributed by atoms with Crippen molar-refractivity contribution in [2.24, 2.45) is 0 Å². The van der Waals surface area contributed by atoms with Crippen molar-refractivity contribution < 1.29 is 9.53 Å². The normalized spacial score (nSPS) is 11.0. The number of nitriles is 1. The van der Waals surface area contributed by atoms with Gasteiger partial charge in [0, 0.05) is 12.5 Å². The third-order valence-corrected chi connectivity index (χ3v) is 5.02. The number of rotatable bonds is 5. The third-order valence-electron chi connectivity index (χ3n) is 4.02. The Kier molecular flexibility index (Phi) is 5.87. The van der Waals surface area contributed by atoms with E-state index in [9.17, 15) is 10.1 Å². The summed E-state index contributed by atoms with van der Waals surface area (Å²) in [4.78, 5) is 16.3. The minimum Gasteiger partial charge on any atom is -0.497 e. The van der Waals surface area contributed by atoms with Gasteiger partial charge in [-0.05, 0) is 30.7 Å². The van der Waals surface area contributed by atoms with E-state index in [4.69, 9.17) is 4.74 Å². The molecule has 2 aromatic carbocycles. The summed E-state index contributed by atoms with van der Waals surface area (Å²) >= 11 is 1.29. The van der Waals surface area contributed by atoms with Gasteiger partial charge in [-0.2, -0.15) is 5.26 Å². The summed E-state index contributed by atoms with van der Waals surface area (Å²) in [6.07, 6.45) is 1.77. The number of allylic oxidation sites excluding steroid dienone is 1.